The molecule has 3 aromatic rings. The molecular weight excluding hydrogens is 614 g/mol. The Balaban J connectivity index is 1.03. The third-order valence-electron chi connectivity index (χ3n) is 8.66. The third-order valence-corrected chi connectivity index (χ3v) is 9.67. The summed E-state index contributed by atoms with van der Waals surface area (Å²) in [6.45, 7) is 0.240. The monoisotopic (exact) mass is 647 g/mol. The van der Waals surface area contributed by atoms with E-state index >= 15 is 0 Å². The number of esters is 1. The summed E-state index contributed by atoms with van der Waals surface area (Å²) < 4.78 is 59.1. The average Bonchev–Trinajstić information content (AvgIpc) is 3.82. The van der Waals surface area contributed by atoms with Gasteiger partial charge in [-0.3, -0.25) is 14.3 Å². The summed E-state index contributed by atoms with van der Waals surface area (Å²) in [5, 5.41) is 10.6. The van der Waals surface area contributed by atoms with Crippen molar-refractivity contribution in [2.24, 2.45) is 11.1 Å². The molecule has 1 amide bonds. The Bertz CT molecular complexity index is 1550. The fourth-order valence-corrected chi connectivity index (χ4v) is 7.14. The molecular formula is C31H33F4N5O4S. The Morgan fingerprint density at radius 3 is 2.51 bits per heavy atom. The lowest BCUT2D eigenvalue weighted by Gasteiger charge is -2.31. The summed E-state index contributed by atoms with van der Waals surface area (Å²) in [7, 11) is 0. The molecule has 3 aliphatic rings. The van der Waals surface area contributed by atoms with Crippen molar-refractivity contribution in [2.45, 2.75) is 82.8 Å². The molecule has 1 atom stereocenters. The number of para-hydroxylation sites is 1. The van der Waals surface area contributed by atoms with Crippen molar-refractivity contribution in [1.82, 2.24) is 19.7 Å². The molecule has 2 fully saturated rings. The first kappa shape index (κ1) is 31.2. The molecule has 0 N–H and O–H groups in total. The molecule has 9 nitrogen and oxygen atoms in total. The Morgan fingerprint density at radius 2 is 1.78 bits per heavy atom. The van der Waals surface area contributed by atoms with Gasteiger partial charge in [0.05, 0.1) is 16.6 Å². The van der Waals surface area contributed by atoms with Crippen LogP contribution in [0.15, 0.2) is 40.9 Å². The molecule has 2 aromatic heterocycles. The Labute approximate surface area is 261 Å². The molecule has 2 aliphatic heterocycles. The van der Waals surface area contributed by atoms with E-state index in [1.54, 1.807) is 11.0 Å². The van der Waals surface area contributed by atoms with Crippen LogP contribution in [0, 0.1) is 5.92 Å². The van der Waals surface area contributed by atoms with Crippen molar-refractivity contribution >= 4 is 28.9 Å². The first-order chi connectivity index (χ1) is 21.8. The quantitative estimate of drug-likeness (QED) is 0.141. The smallest absolute Gasteiger partial charge is 0.314 e. The van der Waals surface area contributed by atoms with Crippen LogP contribution in [0.1, 0.15) is 104 Å². The summed E-state index contributed by atoms with van der Waals surface area (Å²) in [5.74, 6) is -0.136. The number of piperidine rings is 1. The molecule has 1 unspecified atom stereocenters. The number of aromatic nitrogens is 3. The first-order valence-corrected chi connectivity index (χ1v) is 16.1. The molecule has 0 radical (unpaired) electrons. The van der Waals surface area contributed by atoms with Gasteiger partial charge in [0.15, 0.2) is 6.10 Å². The predicted molar refractivity (Wildman–Crippen MR) is 156 cm³/mol. The van der Waals surface area contributed by atoms with E-state index in [0.29, 0.717) is 60.3 Å². The second-order valence-corrected chi connectivity index (χ2v) is 12.5. The maximum absolute atomic E-state index is 13.3. The van der Waals surface area contributed by atoms with Crippen LogP contribution >= 0.6 is 11.3 Å². The normalized spacial score (nSPS) is 19.6. The number of halogens is 4. The standard InChI is InChI=1S/C31H33F4N5O4S/c32-28(33)22-14-24(29(34)35)40(37-22)16-27(41)39-12-10-18(11-13-39)30-36-23(17-45-30)21-15-26(44-38-21)20-8-4-5-9-25(20)43-31(42)19-6-2-1-3-7-19/h4-5,8-9,14,17-19,26,28-29H,1-3,6-7,10-13,15-16H2. The number of alkyl halides is 4. The topological polar surface area (TPSA) is 98.9 Å². The van der Waals surface area contributed by atoms with Crippen molar-refractivity contribution in [3.63, 3.8) is 0 Å². The number of benzene rings is 1. The van der Waals surface area contributed by atoms with Gasteiger partial charge in [0.1, 0.15) is 29.4 Å². The number of amides is 1. The zero-order chi connectivity index (χ0) is 31.5. The van der Waals surface area contributed by atoms with Crippen molar-refractivity contribution in [3.8, 4) is 5.75 Å². The van der Waals surface area contributed by atoms with Gasteiger partial charge in [0, 0.05) is 36.4 Å². The van der Waals surface area contributed by atoms with Crippen molar-refractivity contribution in [1.29, 1.82) is 0 Å². The number of rotatable bonds is 9. The van der Waals surface area contributed by atoms with Gasteiger partial charge in [-0.1, -0.05) is 42.6 Å². The number of hydrogen-bond donors (Lipinski definition) is 0. The lowest BCUT2D eigenvalue weighted by atomic mass is 9.89. The first-order valence-electron chi connectivity index (χ1n) is 15.2. The van der Waals surface area contributed by atoms with E-state index in [1.165, 1.54) is 11.3 Å². The van der Waals surface area contributed by atoms with E-state index in [9.17, 15) is 27.2 Å². The van der Waals surface area contributed by atoms with Gasteiger partial charge in [0.25, 0.3) is 12.9 Å². The Morgan fingerprint density at radius 1 is 1.02 bits per heavy atom. The molecule has 240 valence electrons. The van der Waals surface area contributed by atoms with Gasteiger partial charge in [-0.15, -0.1) is 11.3 Å². The van der Waals surface area contributed by atoms with Crippen LogP contribution in [0.25, 0.3) is 0 Å². The van der Waals surface area contributed by atoms with Crippen LogP contribution in [-0.4, -0.2) is 50.3 Å². The van der Waals surface area contributed by atoms with Gasteiger partial charge < -0.3 is 14.5 Å². The van der Waals surface area contributed by atoms with Crippen molar-refractivity contribution in [3.05, 3.63) is 63.4 Å². The lowest BCUT2D eigenvalue weighted by Crippen LogP contribution is -2.40. The third kappa shape index (κ3) is 7.05. The Kier molecular flexibility index (Phi) is 9.47. The summed E-state index contributed by atoms with van der Waals surface area (Å²) >= 11 is 1.50. The van der Waals surface area contributed by atoms with Gasteiger partial charge in [0.2, 0.25) is 5.91 Å². The highest BCUT2D eigenvalue weighted by molar-refractivity contribution is 7.10. The Hall–Kier alpha value is -3.81. The number of likely N-dealkylation sites (tertiary alicyclic amines) is 1. The molecule has 1 saturated heterocycles. The number of ether oxygens (including phenoxy) is 1. The second kappa shape index (κ2) is 13.7. The van der Waals surface area contributed by atoms with Crippen LogP contribution in [0.2, 0.25) is 0 Å². The fourth-order valence-electron chi connectivity index (χ4n) is 6.14. The van der Waals surface area contributed by atoms with Crippen LogP contribution in [0.3, 0.4) is 0 Å². The SMILES string of the molecule is O=C(Oc1ccccc1C1CC(c2csc(C3CCN(C(=O)Cn4nc(C(F)F)cc4C(F)F)CC3)n2)=NO1)C1CCCCC1. The molecule has 45 heavy (non-hydrogen) atoms. The summed E-state index contributed by atoms with van der Waals surface area (Å²) in [4.78, 5) is 37.7. The highest BCUT2D eigenvalue weighted by atomic mass is 32.1. The highest BCUT2D eigenvalue weighted by Crippen LogP contribution is 2.37. The minimum atomic E-state index is -3.02. The van der Waals surface area contributed by atoms with E-state index in [4.69, 9.17) is 14.6 Å². The van der Waals surface area contributed by atoms with Gasteiger partial charge in [-0.25, -0.2) is 22.5 Å². The molecule has 0 bridgehead atoms. The number of hydrogen-bond acceptors (Lipinski definition) is 8. The second-order valence-electron chi connectivity index (χ2n) is 11.6. The molecule has 1 aliphatic carbocycles. The molecule has 6 rings (SSSR count). The number of oxime groups is 1. The number of carbonyl (C=O) groups excluding carboxylic acids is 2. The number of nitrogens with zero attached hydrogens (tertiary/aromatic N) is 5. The molecule has 4 heterocycles. The molecule has 1 saturated carbocycles. The van der Waals surface area contributed by atoms with Gasteiger partial charge in [-0.05, 0) is 37.8 Å². The fraction of sp³-hybridized carbons (Fsp3) is 0.516. The van der Waals surface area contributed by atoms with E-state index < -0.39 is 42.8 Å². The van der Waals surface area contributed by atoms with Gasteiger partial charge >= 0.3 is 5.97 Å². The number of thiazole rings is 1. The number of carbonyl (C=O) groups is 2. The van der Waals surface area contributed by atoms with Gasteiger partial charge in [-0.2, -0.15) is 5.10 Å². The van der Waals surface area contributed by atoms with Crippen LogP contribution in [0.4, 0.5) is 17.6 Å². The highest BCUT2D eigenvalue weighted by Gasteiger charge is 2.32. The zero-order valence-electron chi connectivity index (χ0n) is 24.4. The molecule has 14 heteroatoms. The van der Waals surface area contributed by atoms with E-state index in [0.717, 1.165) is 42.7 Å². The maximum Gasteiger partial charge on any atom is 0.314 e. The van der Waals surface area contributed by atoms with Crippen molar-refractivity contribution < 1.29 is 36.7 Å². The summed E-state index contributed by atoms with van der Waals surface area (Å²) in [6, 6.07) is 8.01. The zero-order valence-corrected chi connectivity index (χ0v) is 25.2. The molecule has 0 spiro atoms. The molecule has 1 aromatic carbocycles. The summed E-state index contributed by atoms with van der Waals surface area (Å²) in [6.07, 6.45) is 0.215. The predicted octanol–water partition coefficient (Wildman–Crippen LogP) is 6.97. The lowest BCUT2D eigenvalue weighted by molar-refractivity contribution is -0.140. The minimum Gasteiger partial charge on any atom is -0.426 e. The van der Waals surface area contributed by atoms with Crippen LogP contribution in [-0.2, 0) is 21.0 Å². The van der Waals surface area contributed by atoms with Crippen LogP contribution in [0.5, 0.6) is 5.75 Å². The van der Waals surface area contributed by atoms with Crippen molar-refractivity contribution in [2.75, 3.05) is 13.1 Å². The van der Waals surface area contributed by atoms with E-state index in [1.807, 2.05) is 23.6 Å². The largest absolute Gasteiger partial charge is 0.426 e. The summed E-state index contributed by atoms with van der Waals surface area (Å²) in [5.41, 5.74) is 0.687. The average molecular weight is 648 g/mol. The van der Waals surface area contributed by atoms with Crippen LogP contribution < -0.4 is 4.74 Å². The maximum atomic E-state index is 13.3. The van der Waals surface area contributed by atoms with E-state index in [2.05, 4.69) is 10.3 Å². The van der Waals surface area contributed by atoms with E-state index in [-0.39, 0.29) is 17.8 Å². The minimum absolute atomic E-state index is 0.0718.